The predicted molar refractivity (Wildman–Crippen MR) is 91.6 cm³/mol. The number of aromatic nitrogens is 2. The molecule has 1 heterocycles. The molecule has 1 aromatic heterocycles. The summed E-state index contributed by atoms with van der Waals surface area (Å²) in [5, 5.41) is 3.46. The number of ether oxygens (including phenoxy) is 1. The Morgan fingerprint density at radius 2 is 2.19 bits per heavy atom. The molecule has 1 aromatic carbocycles. The topological polar surface area (TPSA) is 39.1 Å². The number of hydrogen-bond donors (Lipinski definition) is 1. The maximum absolute atomic E-state index is 5.72. The van der Waals surface area contributed by atoms with Gasteiger partial charge in [-0.3, -0.25) is 0 Å². The first-order chi connectivity index (χ1) is 10.2. The molecule has 0 aliphatic rings. The van der Waals surface area contributed by atoms with Gasteiger partial charge in [0.05, 0.1) is 17.4 Å². The molecule has 114 valence electrons. The highest BCUT2D eigenvalue weighted by molar-refractivity contribution is 9.11. The minimum atomic E-state index is 0.661. The maximum Gasteiger partial charge on any atom is 0.138 e. The molecule has 1 N–H and O–H groups in total. The van der Waals surface area contributed by atoms with Crippen LogP contribution in [0.25, 0.3) is 0 Å². The van der Waals surface area contributed by atoms with Crippen molar-refractivity contribution in [1.29, 1.82) is 0 Å². The van der Waals surface area contributed by atoms with E-state index in [9.17, 15) is 0 Å². The van der Waals surface area contributed by atoms with Crippen LogP contribution in [0.5, 0.6) is 5.75 Å². The van der Waals surface area contributed by atoms with Gasteiger partial charge >= 0.3 is 0 Å². The summed E-state index contributed by atoms with van der Waals surface area (Å²) in [6, 6.07) is 4.10. The average molecular weight is 417 g/mol. The second-order valence-corrected chi connectivity index (χ2v) is 6.41. The minimum Gasteiger partial charge on any atom is -0.492 e. The Hall–Kier alpha value is -0.850. The molecule has 0 aliphatic heterocycles. The summed E-state index contributed by atoms with van der Waals surface area (Å²) in [4.78, 5) is 4.04. The van der Waals surface area contributed by atoms with E-state index in [-0.39, 0.29) is 0 Å². The first-order valence-electron chi connectivity index (χ1n) is 6.98. The Morgan fingerprint density at radius 3 is 2.90 bits per heavy atom. The fourth-order valence-corrected chi connectivity index (χ4v) is 3.51. The van der Waals surface area contributed by atoms with E-state index < -0.39 is 0 Å². The molecule has 0 saturated heterocycles. The lowest BCUT2D eigenvalue weighted by Crippen LogP contribution is -2.17. The third kappa shape index (κ3) is 5.13. The quantitative estimate of drug-likeness (QED) is 0.661. The van der Waals surface area contributed by atoms with Crippen molar-refractivity contribution in [2.75, 3.05) is 13.2 Å². The van der Waals surface area contributed by atoms with Gasteiger partial charge in [0, 0.05) is 35.5 Å². The Bertz CT molecular complexity index is 558. The minimum absolute atomic E-state index is 0.661. The highest BCUT2D eigenvalue weighted by Crippen LogP contribution is 2.32. The first-order valence-corrected chi connectivity index (χ1v) is 8.56. The molecule has 0 radical (unpaired) electrons. The standard InChI is InChI=1S/C15H19Br2N3O/c1-2-21-15-12(8-13(16)9-14(15)17)10-18-4-3-6-20-7-5-19-11-20/h5,7-9,11,18H,2-4,6,10H2,1H3. The molecule has 0 aliphatic carbocycles. The van der Waals surface area contributed by atoms with Crippen molar-refractivity contribution in [3.05, 3.63) is 45.4 Å². The van der Waals surface area contributed by atoms with Crippen molar-refractivity contribution in [3.63, 3.8) is 0 Å². The highest BCUT2D eigenvalue weighted by Gasteiger charge is 2.09. The fourth-order valence-electron chi connectivity index (χ4n) is 2.08. The number of rotatable bonds is 8. The molecule has 0 unspecified atom stereocenters. The molecule has 21 heavy (non-hydrogen) atoms. The monoisotopic (exact) mass is 415 g/mol. The van der Waals surface area contributed by atoms with Crippen molar-refractivity contribution in [2.24, 2.45) is 0 Å². The summed E-state index contributed by atoms with van der Waals surface area (Å²) in [6.07, 6.45) is 6.70. The number of aryl methyl sites for hydroxylation is 1. The van der Waals surface area contributed by atoms with E-state index in [1.54, 1.807) is 6.20 Å². The Labute approximate surface area is 142 Å². The SMILES string of the molecule is CCOc1c(Br)cc(Br)cc1CNCCCn1ccnc1. The van der Waals surface area contributed by atoms with Crippen LogP contribution in [-0.2, 0) is 13.1 Å². The summed E-state index contributed by atoms with van der Waals surface area (Å²) in [7, 11) is 0. The molecular weight excluding hydrogens is 398 g/mol. The Kier molecular flexibility index (Phi) is 6.73. The van der Waals surface area contributed by atoms with E-state index in [2.05, 4.69) is 52.8 Å². The molecule has 0 bridgehead atoms. The summed E-state index contributed by atoms with van der Waals surface area (Å²) >= 11 is 7.08. The van der Waals surface area contributed by atoms with E-state index >= 15 is 0 Å². The van der Waals surface area contributed by atoms with Gasteiger partial charge < -0.3 is 14.6 Å². The molecule has 0 amide bonds. The summed E-state index contributed by atoms with van der Waals surface area (Å²) in [5.41, 5.74) is 1.15. The lowest BCUT2D eigenvalue weighted by Gasteiger charge is -2.14. The van der Waals surface area contributed by atoms with Gasteiger partial charge in [0.1, 0.15) is 5.75 Å². The Morgan fingerprint density at radius 1 is 1.33 bits per heavy atom. The van der Waals surface area contributed by atoms with Gasteiger partial charge in [0.25, 0.3) is 0 Å². The second-order valence-electron chi connectivity index (χ2n) is 4.64. The van der Waals surface area contributed by atoms with Crippen LogP contribution in [0.2, 0.25) is 0 Å². The number of hydrogen-bond acceptors (Lipinski definition) is 3. The van der Waals surface area contributed by atoms with E-state index in [4.69, 9.17) is 4.74 Å². The van der Waals surface area contributed by atoms with Gasteiger partial charge in [-0.1, -0.05) is 15.9 Å². The van der Waals surface area contributed by atoms with Crippen molar-refractivity contribution >= 4 is 31.9 Å². The molecule has 6 heteroatoms. The number of nitrogens with zero attached hydrogens (tertiary/aromatic N) is 2. The van der Waals surface area contributed by atoms with E-state index in [0.29, 0.717) is 6.61 Å². The third-order valence-electron chi connectivity index (χ3n) is 3.02. The zero-order valence-corrected chi connectivity index (χ0v) is 15.2. The first kappa shape index (κ1) is 16.5. The summed E-state index contributed by atoms with van der Waals surface area (Å²) < 4.78 is 9.83. The fraction of sp³-hybridized carbons (Fsp3) is 0.400. The van der Waals surface area contributed by atoms with Gasteiger partial charge in [0.15, 0.2) is 0 Å². The van der Waals surface area contributed by atoms with Crippen molar-refractivity contribution in [2.45, 2.75) is 26.4 Å². The molecule has 0 atom stereocenters. The van der Waals surface area contributed by atoms with Crippen LogP contribution in [0.1, 0.15) is 18.9 Å². The average Bonchev–Trinajstić information content (AvgIpc) is 2.95. The molecule has 2 rings (SSSR count). The molecule has 0 spiro atoms. The lowest BCUT2D eigenvalue weighted by atomic mass is 10.2. The predicted octanol–water partition coefficient (Wildman–Crippen LogP) is 3.99. The van der Waals surface area contributed by atoms with Gasteiger partial charge in [-0.05, 0) is 48.0 Å². The van der Waals surface area contributed by atoms with Crippen molar-refractivity contribution in [3.8, 4) is 5.75 Å². The van der Waals surface area contributed by atoms with Crippen LogP contribution in [0.4, 0.5) is 0 Å². The smallest absolute Gasteiger partial charge is 0.138 e. The molecule has 0 fully saturated rings. The summed E-state index contributed by atoms with van der Waals surface area (Å²) in [5.74, 6) is 0.919. The zero-order chi connectivity index (χ0) is 15.1. The van der Waals surface area contributed by atoms with Gasteiger partial charge in [-0.25, -0.2) is 4.98 Å². The van der Waals surface area contributed by atoms with Crippen LogP contribution in [-0.4, -0.2) is 22.7 Å². The van der Waals surface area contributed by atoms with E-state index in [0.717, 1.165) is 46.3 Å². The van der Waals surface area contributed by atoms with Crippen molar-refractivity contribution in [1.82, 2.24) is 14.9 Å². The van der Waals surface area contributed by atoms with E-state index in [1.807, 2.05) is 25.5 Å². The van der Waals surface area contributed by atoms with E-state index in [1.165, 1.54) is 0 Å². The number of nitrogens with one attached hydrogen (secondary N) is 1. The number of benzene rings is 1. The molecule has 2 aromatic rings. The van der Waals surface area contributed by atoms with Crippen LogP contribution >= 0.6 is 31.9 Å². The van der Waals surface area contributed by atoms with Gasteiger partial charge in [-0.15, -0.1) is 0 Å². The van der Waals surface area contributed by atoms with Gasteiger partial charge in [-0.2, -0.15) is 0 Å². The molecular formula is C15H19Br2N3O. The van der Waals surface area contributed by atoms with Crippen molar-refractivity contribution < 1.29 is 4.74 Å². The van der Waals surface area contributed by atoms with Crippen LogP contribution in [0, 0.1) is 0 Å². The van der Waals surface area contributed by atoms with Crippen LogP contribution in [0.15, 0.2) is 39.8 Å². The van der Waals surface area contributed by atoms with Crippen LogP contribution in [0.3, 0.4) is 0 Å². The number of imidazole rings is 1. The molecule has 4 nitrogen and oxygen atoms in total. The normalized spacial score (nSPS) is 10.8. The zero-order valence-electron chi connectivity index (χ0n) is 12.0. The largest absolute Gasteiger partial charge is 0.492 e. The van der Waals surface area contributed by atoms with Gasteiger partial charge in [0.2, 0.25) is 0 Å². The highest BCUT2D eigenvalue weighted by atomic mass is 79.9. The van der Waals surface area contributed by atoms with Crippen LogP contribution < -0.4 is 10.1 Å². The Balaban J connectivity index is 1.84. The molecule has 0 saturated carbocycles. The maximum atomic E-state index is 5.72. The number of halogens is 2. The second kappa shape index (κ2) is 8.56. The lowest BCUT2D eigenvalue weighted by molar-refractivity contribution is 0.333. The summed E-state index contributed by atoms with van der Waals surface area (Å²) in [6.45, 7) is 5.38. The third-order valence-corrected chi connectivity index (χ3v) is 4.07.